The number of anilines is 1. The van der Waals surface area contributed by atoms with Gasteiger partial charge in [-0.2, -0.15) is 13.2 Å². The molecule has 2 rings (SSSR count). The Hall–Kier alpha value is -2.10. The molecule has 1 amide bonds. The van der Waals surface area contributed by atoms with Crippen LogP contribution < -0.4 is 10.0 Å². The number of carbonyl (C=O) groups is 1. The molecule has 0 aliphatic rings. The van der Waals surface area contributed by atoms with Crippen LogP contribution in [0, 0.1) is 0 Å². The summed E-state index contributed by atoms with van der Waals surface area (Å²) in [4.78, 5) is 11.6. The minimum Gasteiger partial charge on any atom is -0.326 e. The van der Waals surface area contributed by atoms with Gasteiger partial charge in [0.25, 0.3) is 0 Å². The predicted octanol–water partition coefficient (Wildman–Crippen LogP) is 3.36. The molecule has 0 saturated heterocycles. The summed E-state index contributed by atoms with van der Waals surface area (Å²) in [7, 11) is -4.29. The molecular formula is C16H14ClF3N2O3S. The first-order valence-electron chi connectivity index (χ1n) is 7.26. The highest BCUT2D eigenvalue weighted by Gasteiger charge is 2.30. The van der Waals surface area contributed by atoms with Crippen molar-refractivity contribution < 1.29 is 26.4 Å². The van der Waals surface area contributed by atoms with Crippen molar-refractivity contribution >= 4 is 33.2 Å². The second-order valence-electron chi connectivity index (χ2n) is 5.32. The van der Waals surface area contributed by atoms with Crippen molar-refractivity contribution in [1.82, 2.24) is 4.72 Å². The fraction of sp³-hybridized carbons (Fsp3) is 0.188. The van der Waals surface area contributed by atoms with E-state index in [9.17, 15) is 26.4 Å². The van der Waals surface area contributed by atoms with Gasteiger partial charge in [0, 0.05) is 10.7 Å². The molecule has 5 nitrogen and oxygen atoms in total. The summed E-state index contributed by atoms with van der Waals surface area (Å²) in [6, 6.07) is 11.5. The smallest absolute Gasteiger partial charge is 0.326 e. The van der Waals surface area contributed by atoms with Crippen LogP contribution in [0.5, 0.6) is 0 Å². The molecule has 0 aliphatic carbocycles. The number of sulfonamides is 1. The van der Waals surface area contributed by atoms with Crippen LogP contribution >= 0.6 is 11.6 Å². The van der Waals surface area contributed by atoms with Gasteiger partial charge in [-0.1, -0.05) is 23.7 Å². The average Bonchev–Trinajstić information content (AvgIpc) is 2.55. The number of hydrogen-bond acceptors (Lipinski definition) is 3. The molecule has 0 heterocycles. The van der Waals surface area contributed by atoms with Crippen LogP contribution in [0.25, 0.3) is 0 Å². The lowest BCUT2D eigenvalue weighted by atomic mass is 10.1. The van der Waals surface area contributed by atoms with E-state index in [-0.39, 0.29) is 17.2 Å². The van der Waals surface area contributed by atoms with E-state index in [0.717, 1.165) is 17.7 Å². The number of nitrogens with one attached hydrogen (secondary N) is 2. The summed E-state index contributed by atoms with van der Waals surface area (Å²) in [5.74, 6) is -0.335. The van der Waals surface area contributed by atoms with Crippen LogP contribution in [0.1, 0.15) is 5.56 Å². The van der Waals surface area contributed by atoms with Gasteiger partial charge in [-0.25, -0.2) is 13.1 Å². The van der Waals surface area contributed by atoms with E-state index in [1.165, 1.54) is 16.9 Å². The fourth-order valence-electron chi connectivity index (χ4n) is 1.97. The molecule has 10 heteroatoms. The maximum absolute atomic E-state index is 12.1. The van der Waals surface area contributed by atoms with Crippen molar-refractivity contribution in [3.8, 4) is 0 Å². The number of amides is 1. The van der Waals surface area contributed by atoms with Crippen LogP contribution in [0.4, 0.5) is 18.9 Å². The highest BCUT2D eigenvalue weighted by molar-refractivity contribution is 7.89. The third kappa shape index (κ3) is 6.32. The SMILES string of the molecule is O=C(Cc1ccc(Cl)cc1)Nc1ccc(S(=O)(=O)NCC(F)(F)F)cc1. The zero-order chi connectivity index (χ0) is 19.4. The standard InChI is InChI=1S/C16H14ClF3N2O3S/c17-12-3-1-11(2-4-12)9-15(23)22-13-5-7-14(8-6-13)26(24,25)21-10-16(18,19)20/h1-8,21H,9-10H2,(H,22,23). The van der Waals surface area contributed by atoms with Gasteiger partial charge in [-0.15, -0.1) is 0 Å². The van der Waals surface area contributed by atoms with Crippen molar-refractivity contribution in [2.24, 2.45) is 0 Å². The zero-order valence-electron chi connectivity index (χ0n) is 13.2. The minimum atomic E-state index is -4.65. The molecule has 0 spiro atoms. The van der Waals surface area contributed by atoms with Gasteiger partial charge in [0.15, 0.2) is 0 Å². The van der Waals surface area contributed by atoms with Gasteiger partial charge in [0.1, 0.15) is 6.54 Å². The lowest BCUT2D eigenvalue weighted by Gasteiger charge is -2.10. The molecule has 2 aromatic rings. The normalized spacial score (nSPS) is 12.0. The quantitative estimate of drug-likeness (QED) is 0.772. The van der Waals surface area contributed by atoms with Crippen molar-refractivity contribution in [2.45, 2.75) is 17.5 Å². The molecule has 140 valence electrons. The van der Waals surface area contributed by atoms with Crippen LogP contribution in [0.15, 0.2) is 53.4 Å². The van der Waals surface area contributed by atoms with Crippen molar-refractivity contribution in [3.63, 3.8) is 0 Å². The van der Waals surface area contributed by atoms with Crippen LogP contribution in [0.3, 0.4) is 0 Å². The van der Waals surface area contributed by atoms with E-state index in [0.29, 0.717) is 10.7 Å². The van der Waals surface area contributed by atoms with Crippen LogP contribution in [0.2, 0.25) is 5.02 Å². The highest BCUT2D eigenvalue weighted by Crippen LogP contribution is 2.17. The molecule has 0 unspecified atom stereocenters. The van der Waals surface area contributed by atoms with Crippen molar-refractivity contribution in [2.75, 3.05) is 11.9 Å². The largest absolute Gasteiger partial charge is 0.402 e. The third-order valence-corrected chi connectivity index (χ3v) is 4.86. The molecule has 0 bridgehead atoms. The van der Waals surface area contributed by atoms with E-state index in [2.05, 4.69) is 5.32 Å². The Labute approximate surface area is 153 Å². The molecule has 2 aromatic carbocycles. The van der Waals surface area contributed by atoms with E-state index in [1.54, 1.807) is 24.3 Å². The van der Waals surface area contributed by atoms with Gasteiger partial charge in [0.05, 0.1) is 11.3 Å². The molecule has 0 aromatic heterocycles. The molecule has 0 radical (unpaired) electrons. The highest BCUT2D eigenvalue weighted by atomic mass is 35.5. The Balaban J connectivity index is 1.98. The first-order chi connectivity index (χ1) is 12.0. The van der Waals surface area contributed by atoms with E-state index < -0.39 is 22.7 Å². The Bertz CT molecular complexity index is 867. The molecule has 26 heavy (non-hydrogen) atoms. The maximum atomic E-state index is 12.1. The van der Waals surface area contributed by atoms with Crippen molar-refractivity contribution in [3.05, 3.63) is 59.1 Å². The van der Waals surface area contributed by atoms with Crippen LogP contribution in [-0.2, 0) is 21.2 Å². The van der Waals surface area contributed by atoms with E-state index in [1.807, 2.05) is 0 Å². The Morgan fingerprint density at radius 1 is 1.00 bits per heavy atom. The monoisotopic (exact) mass is 406 g/mol. The number of benzene rings is 2. The van der Waals surface area contributed by atoms with Gasteiger partial charge < -0.3 is 5.32 Å². The van der Waals surface area contributed by atoms with Crippen molar-refractivity contribution in [1.29, 1.82) is 0 Å². The molecule has 0 aliphatic heterocycles. The summed E-state index contributed by atoms with van der Waals surface area (Å²) in [6.45, 7) is -1.66. The molecule has 2 N–H and O–H groups in total. The molecule has 0 atom stereocenters. The fourth-order valence-corrected chi connectivity index (χ4v) is 3.11. The minimum absolute atomic E-state index is 0.0877. The number of carbonyl (C=O) groups excluding carboxylic acids is 1. The average molecular weight is 407 g/mol. The van der Waals surface area contributed by atoms with Gasteiger partial charge in [-0.05, 0) is 42.0 Å². The second-order valence-corrected chi connectivity index (χ2v) is 7.52. The number of halogens is 4. The third-order valence-electron chi connectivity index (χ3n) is 3.19. The Kier molecular flexibility index (Phi) is 6.27. The summed E-state index contributed by atoms with van der Waals surface area (Å²) in [6.07, 6.45) is -4.56. The van der Waals surface area contributed by atoms with Crippen LogP contribution in [-0.4, -0.2) is 27.0 Å². The van der Waals surface area contributed by atoms with E-state index >= 15 is 0 Å². The molecule has 0 saturated carbocycles. The lowest BCUT2D eigenvalue weighted by molar-refractivity contribution is -0.121. The number of alkyl halides is 3. The Morgan fingerprint density at radius 2 is 1.58 bits per heavy atom. The van der Waals surface area contributed by atoms with E-state index in [4.69, 9.17) is 11.6 Å². The summed E-state index contributed by atoms with van der Waals surface area (Å²) >= 11 is 5.76. The first-order valence-corrected chi connectivity index (χ1v) is 9.12. The second kappa shape index (κ2) is 8.07. The predicted molar refractivity (Wildman–Crippen MR) is 91.5 cm³/mol. The summed E-state index contributed by atoms with van der Waals surface area (Å²) in [5.41, 5.74) is 1.06. The molecular weight excluding hydrogens is 393 g/mol. The summed E-state index contributed by atoms with van der Waals surface area (Å²) < 4.78 is 61.4. The zero-order valence-corrected chi connectivity index (χ0v) is 14.8. The Morgan fingerprint density at radius 3 is 2.12 bits per heavy atom. The topological polar surface area (TPSA) is 75.3 Å². The number of rotatable bonds is 6. The number of hydrogen-bond donors (Lipinski definition) is 2. The lowest BCUT2D eigenvalue weighted by Crippen LogP contribution is -2.33. The molecule has 0 fully saturated rings. The summed E-state index contributed by atoms with van der Waals surface area (Å²) in [5, 5.41) is 3.12. The maximum Gasteiger partial charge on any atom is 0.402 e. The van der Waals surface area contributed by atoms with Gasteiger partial charge >= 0.3 is 6.18 Å². The van der Waals surface area contributed by atoms with Gasteiger partial charge in [0.2, 0.25) is 15.9 Å². The first kappa shape index (κ1) is 20.2. The van der Waals surface area contributed by atoms with Gasteiger partial charge in [-0.3, -0.25) is 4.79 Å².